The van der Waals surface area contributed by atoms with E-state index in [2.05, 4.69) is 24.1 Å². The molecule has 3 heteroatoms. The maximum absolute atomic E-state index is 5.81. The predicted molar refractivity (Wildman–Crippen MR) is 50.8 cm³/mol. The Bertz CT molecular complexity index is 320. The third-order valence-electron chi connectivity index (χ3n) is 2.22. The molecular weight excluding hydrogens is 172 g/mol. The van der Waals surface area contributed by atoms with Crippen molar-refractivity contribution < 1.29 is 0 Å². The summed E-state index contributed by atoms with van der Waals surface area (Å²) >= 11 is 5.81. The Kier molecular flexibility index (Phi) is 1.55. The SMILES string of the molecule is CC1(C)CNc2cc(Cl)cnc21. The van der Waals surface area contributed by atoms with Gasteiger partial charge < -0.3 is 5.32 Å². The van der Waals surface area contributed by atoms with Crippen molar-refractivity contribution in [3.8, 4) is 0 Å². The first kappa shape index (κ1) is 7.87. The number of anilines is 1. The van der Waals surface area contributed by atoms with E-state index < -0.39 is 0 Å². The quantitative estimate of drug-likeness (QED) is 0.667. The smallest absolute Gasteiger partial charge is 0.0709 e. The summed E-state index contributed by atoms with van der Waals surface area (Å²) in [5.41, 5.74) is 2.33. The molecule has 2 rings (SSSR count). The molecule has 12 heavy (non-hydrogen) atoms. The second kappa shape index (κ2) is 2.36. The number of aromatic nitrogens is 1. The van der Waals surface area contributed by atoms with Crippen LogP contribution in [-0.2, 0) is 5.41 Å². The average molecular weight is 183 g/mol. The zero-order valence-corrected chi connectivity index (χ0v) is 7.94. The molecule has 1 N–H and O–H groups in total. The molecule has 1 aliphatic rings. The Morgan fingerprint density at radius 3 is 3.08 bits per heavy atom. The summed E-state index contributed by atoms with van der Waals surface area (Å²) in [6.45, 7) is 5.29. The molecule has 0 aliphatic carbocycles. The van der Waals surface area contributed by atoms with Crippen LogP contribution in [0.5, 0.6) is 0 Å². The second-order valence-electron chi connectivity index (χ2n) is 3.79. The first-order valence-electron chi connectivity index (χ1n) is 3.99. The monoisotopic (exact) mass is 182 g/mol. The van der Waals surface area contributed by atoms with Crippen LogP contribution in [0.4, 0.5) is 5.69 Å². The number of nitrogens with zero attached hydrogens (tertiary/aromatic N) is 1. The summed E-state index contributed by atoms with van der Waals surface area (Å²) in [5.74, 6) is 0. The summed E-state index contributed by atoms with van der Waals surface area (Å²) < 4.78 is 0. The Morgan fingerprint density at radius 1 is 1.58 bits per heavy atom. The molecule has 0 radical (unpaired) electrons. The molecule has 1 aromatic rings. The summed E-state index contributed by atoms with van der Waals surface area (Å²) in [5, 5.41) is 3.98. The van der Waals surface area contributed by atoms with Crippen LogP contribution in [0.15, 0.2) is 12.3 Å². The van der Waals surface area contributed by atoms with E-state index in [9.17, 15) is 0 Å². The molecule has 0 aromatic carbocycles. The summed E-state index contributed by atoms with van der Waals surface area (Å²) in [4.78, 5) is 4.32. The van der Waals surface area contributed by atoms with Gasteiger partial charge in [-0.25, -0.2) is 0 Å². The standard InChI is InChI=1S/C9H11ClN2/c1-9(2)5-12-7-3-6(10)4-11-8(7)9/h3-4,12H,5H2,1-2H3. The minimum absolute atomic E-state index is 0.139. The van der Waals surface area contributed by atoms with Gasteiger partial charge in [-0.1, -0.05) is 25.4 Å². The highest BCUT2D eigenvalue weighted by atomic mass is 35.5. The van der Waals surface area contributed by atoms with Crippen molar-refractivity contribution in [3.05, 3.63) is 23.0 Å². The van der Waals surface area contributed by atoms with Gasteiger partial charge in [0.2, 0.25) is 0 Å². The van der Waals surface area contributed by atoms with E-state index in [1.807, 2.05) is 6.07 Å². The maximum atomic E-state index is 5.81. The highest BCUT2D eigenvalue weighted by Gasteiger charge is 2.30. The van der Waals surface area contributed by atoms with Crippen LogP contribution in [0.1, 0.15) is 19.5 Å². The zero-order valence-electron chi connectivity index (χ0n) is 7.19. The molecule has 2 nitrogen and oxygen atoms in total. The van der Waals surface area contributed by atoms with Crippen LogP contribution in [0.25, 0.3) is 0 Å². The molecule has 0 fully saturated rings. The van der Waals surface area contributed by atoms with Gasteiger partial charge in [0, 0.05) is 18.2 Å². The van der Waals surface area contributed by atoms with Gasteiger partial charge in [-0.3, -0.25) is 4.98 Å². The molecule has 0 saturated heterocycles. The molecule has 1 aromatic heterocycles. The van der Waals surface area contributed by atoms with Crippen LogP contribution in [0, 0.1) is 0 Å². The largest absolute Gasteiger partial charge is 0.383 e. The van der Waals surface area contributed by atoms with Crippen molar-refractivity contribution in [2.45, 2.75) is 19.3 Å². The number of halogens is 1. The first-order valence-corrected chi connectivity index (χ1v) is 4.37. The van der Waals surface area contributed by atoms with Gasteiger partial charge in [-0.15, -0.1) is 0 Å². The lowest BCUT2D eigenvalue weighted by Crippen LogP contribution is -2.19. The lowest BCUT2D eigenvalue weighted by molar-refractivity contribution is 0.569. The van der Waals surface area contributed by atoms with Crippen molar-refractivity contribution in [3.63, 3.8) is 0 Å². The fourth-order valence-electron chi connectivity index (χ4n) is 1.51. The minimum Gasteiger partial charge on any atom is -0.383 e. The van der Waals surface area contributed by atoms with Crippen LogP contribution in [0.3, 0.4) is 0 Å². The zero-order chi connectivity index (χ0) is 8.77. The van der Waals surface area contributed by atoms with Crippen molar-refractivity contribution >= 4 is 17.3 Å². The molecule has 0 amide bonds. The van der Waals surface area contributed by atoms with Crippen molar-refractivity contribution in [2.24, 2.45) is 0 Å². The molecular formula is C9H11ClN2. The molecule has 2 heterocycles. The number of rotatable bonds is 0. The van der Waals surface area contributed by atoms with Crippen molar-refractivity contribution in [2.75, 3.05) is 11.9 Å². The summed E-state index contributed by atoms with van der Waals surface area (Å²) in [6, 6.07) is 1.93. The van der Waals surface area contributed by atoms with Gasteiger partial charge in [-0.2, -0.15) is 0 Å². The van der Waals surface area contributed by atoms with Crippen LogP contribution >= 0.6 is 11.6 Å². The lowest BCUT2D eigenvalue weighted by atomic mass is 9.91. The van der Waals surface area contributed by atoms with Crippen molar-refractivity contribution in [1.82, 2.24) is 4.98 Å². The number of pyridine rings is 1. The molecule has 0 bridgehead atoms. The Labute approximate surface area is 77.0 Å². The average Bonchev–Trinajstić information content (AvgIpc) is 2.27. The highest BCUT2D eigenvalue weighted by Crippen LogP contribution is 2.35. The normalized spacial score (nSPS) is 18.6. The summed E-state index contributed by atoms with van der Waals surface area (Å²) in [6.07, 6.45) is 1.70. The minimum atomic E-state index is 0.139. The second-order valence-corrected chi connectivity index (χ2v) is 4.22. The number of hydrogen-bond acceptors (Lipinski definition) is 2. The van der Waals surface area contributed by atoms with E-state index in [1.54, 1.807) is 6.20 Å². The van der Waals surface area contributed by atoms with Gasteiger partial charge in [0.05, 0.1) is 16.4 Å². The fraction of sp³-hybridized carbons (Fsp3) is 0.444. The molecule has 0 unspecified atom stereocenters. The molecule has 0 saturated carbocycles. The number of hydrogen-bond donors (Lipinski definition) is 1. The topological polar surface area (TPSA) is 24.9 Å². The van der Waals surface area contributed by atoms with E-state index in [4.69, 9.17) is 11.6 Å². The maximum Gasteiger partial charge on any atom is 0.0709 e. The van der Waals surface area contributed by atoms with Crippen molar-refractivity contribution in [1.29, 1.82) is 0 Å². The van der Waals surface area contributed by atoms with Gasteiger partial charge in [0.1, 0.15) is 0 Å². The first-order chi connectivity index (χ1) is 5.59. The Balaban J connectivity index is 2.55. The van der Waals surface area contributed by atoms with E-state index in [0.717, 1.165) is 17.9 Å². The van der Waals surface area contributed by atoms with E-state index in [1.165, 1.54) is 0 Å². The van der Waals surface area contributed by atoms with Gasteiger partial charge in [0.25, 0.3) is 0 Å². The van der Waals surface area contributed by atoms with E-state index in [0.29, 0.717) is 5.02 Å². The predicted octanol–water partition coefficient (Wildman–Crippen LogP) is 2.44. The molecule has 0 spiro atoms. The lowest BCUT2D eigenvalue weighted by Gasteiger charge is -2.14. The van der Waals surface area contributed by atoms with E-state index >= 15 is 0 Å². The van der Waals surface area contributed by atoms with Gasteiger partial charge >= 0.3 is 0 Å². The van der Waals surface area contributed by atoms with Crippen LogP contribution in [-0.4, -0.2) is 11.5 Å². The number of nitrogens with one attached hydrogen (secondary N) is 1. The highest BCUT2D eigenvalue weighted by molar-refractivity contribution is 6.30. The van der Waals surface area contributed by atoms with Gasteiger partial charge in [0.15, 0.2) is 0 Å². The third-order valence-corrected chi connectivity index (χ3v) is 2.42. The van der Waals surface area contributed by atoms with Crippen LogP contribution < -0.4 is 5.32 Å². The third kappa shape index (κ3) is 1.07. The van der Waals surface area contributed by atoms with E-state index in [-0.39, 0.29) is 5.41 Å². The van der Waals surface area contributed by atoms with Crippen LogP contribution in [0.2, 0.25) is 5.02 Å². The molecule has 64 valence electrons. The Morgan fingerprint density at radius 2 is 2.33 bits per heavy atom. The molecule has 1 aliphatic heterocycles. The Hall–Kier alpha value is -0.760. The number of fused-ring (bicyclic) bond motifs is 1. The molecule has 0 atom stereocenters. The summed E-state index contributed by atoms with van der Waals surface area (Å²) in [7, 11) is 0. The van der Waals surface area contributed by atoms with Gasteiger partial charge in [-0.05, 0) is 6.07 Å². The fourth-order valence-corrected chi connectivity index (χ4v) is 1.67.